The summed E-state index contributed by atoms with van der Waals surface area (Å²) in [6.07, 6.45) is 7.31. The van der Waals surface area contributed by atoms with Gasteiger partial charge in [-0.25, -0.2) is 4.98 Å². The lowest BCUT2D eigenvalue weighted by Crippen LogP contribution is -2.45. The van der Waals surface area contributed by atoms with Crippen LogP contribution in [-0.2, 0) is 4.79 Å². The fraction of sp³-hybridized carbons (Fsp3) is 0.300. The second-order valence-corrected chi connectivity index (χ2v) is 6.10. The molecule has 4 heteroatoms. The van der Waals surface area contributed by atoms with Crippen molar-refractivity contribution < 1.29 is 4.79 Å². The van der Waals surface area contributed by atoms with Gasteiger partial charge in [-0.3, -0.25) is 4.79 Å². The predicted molar refractivity (Wildman–Crippen MR) is 97.7 cm³/mol. The van der Waals surface area contributed by atoms with Crippen LogP contribution in [0.1, 0.15) is 18.4 Å². The van der Waals surface area contributed by atoms with E-state index >= 15 is 0 Å². The van der Waals surface area contributed by atoms with Crippen LogP contribution in [0, 0.1) is 0 Å². The SMILES string of the molecule is CN(C(=O)C=Cc1ccccc1)C1CCN(c2ccccn2)CC1. The highest BCUT2D eigenvalue weighted by molar-refractivity contribution is 5.91. The van der Waals surface area contributed by atoms with Gasteiger partial charge in [0.2, 0.25) is 5.91 Å². The standard InChI is InChI=1S/C20H23N3O/c1-22(20(24)11-10-17-7-3-2-4-8-17)18-12-15-23(16-13-18)19-9-5-6-14-21-19/h2-11,14,18H,12-13,15-16H2,1H3. The van der Waals surface area contributed by atoms with Crippen molar-refractivity contribution in [1.29, 1.82) is 0 Å². The van der Waals surface area contributed by atoms with Crippen molar-refractivity contribution in [3.8, 4) is 0 Å². The third-order valence-electron chi connectivity index (χ3n) is 4.55. The second kappa shape index (κ2) is 7.77. The first-order valence-electron chi connectivity index (χ1n) is 8.40. The Bertz CT molecular complexity index is 677. The van der Waals surface area contributed by atoms with E-state index in [1.807, 2.05) is 72.8 Å². The molecule has 2 heterocycles. The zero-order valence-corrected chi connectivity index (χ0v) is 14.0. The van der Waals surface area contributed by atoms with E-state index in [1.54, 1.807) is 6.08 Å². The molecule has 2 aromatic rings. The van der Waals surface area contributed by atoms with Crippen molar-refractivity contribution in [3.63, 3.8) is 0 Å². The van der Waals surface area contributed by atoms with Crippen molar-refractivity contribution in [1.82, 2.24) is 9.88 Å². The number of anilines is 1. The molecule has 1 aromatic carbocycles. The molecule has 0 unspecified atom stereocenters. The Hall–Kier alpha value is -2.62. The molecule has 124 valence electrons. The molecular weight excluding hydrogens is 298 g/mol. The van der Waals surface area contributed by atoms with E-state index in [9.17, 15) is 4.79 Å². The number of benzene rings is 1. The lowest BCUT2D eigenvalue weighted by molar-refractivity contribution is -0.127. The monoisotopic (exact) mass is 321 g/mol. The van der Waals surface area contributed by atoms with Crippen LogP contribution in [0.25, 0.3) is 6.08 Å². The number of amides is 1. The van der Waals surface area contributed by atoms with E-state index < -0.39 is 0 Å². The van der Waals surface area contributed by atoms with Crippen LogP contribution in [-0.4, -0.2) is 42.0 Å². The molecule has 0 radical (unpaired) electrons. The maximum absolute atomic E-state index is 12.4. The third kappa shape index (κ3) is 4.02. The summed E-state index contributed by atoms with van der Waals surface area (Å²) in [4.78, 5) is 20.9. The summed E-state index contributed by atoms with van der Waals surface area (Å²) in [5.41, 5.74) is 1.05. The molecule has 0 bridgehead atoms. The summed E-state index contributed by atoms with van der Waals surface area (Å²) in [5.74, 6) is 1.09. The Balaban J connectivity index is 1.54. The molecule has 1 saturated heterocycles. The van der Waals surface area contributed by atoms with Gasteiger partial charge in [-0.15, -0.1) is 0 Å². The van der Waals surface area contributed by atoms with E-state index in [1.165, 1.54) is 0 Å². The second-order valence-electron chi connectivity index (χ2n) is 6.10. The molecule has 1 amide bonds. The molecule has 1 aliphatic rings. The highest BCUT2D eigenvalue weighted by Gasteiger charge is 2.24. The predicted octanol–water partition coefficient (Wildman–Crippen LogP) is 3.22. The van der Waals surface area contributed by atoms with Crippen LogP contribution < -0.4 is 4.90 Å². The molecule has 0 saturated carbocycles. The van der Waals surface area contributed by atoms with Crippen molar-refractivity contribution in [2.45, 2.75) is 18.9 Å². The summed E-state index contributed by atoms with van der Waals surface area (Å²) in [5, 5.41) is 0. The van der Waals surface area contributed by atoms with E-state index in [-0.39, 0.29) is 11.9 Å². The first kappa shape index (κ1) is 16.2. The van der Waals surface area contributed by atoms with Crippen LogP contribution in [0.2, 0.25) is 0 Å². The van der Waals surface area contributed by atoms with Crippen molar-refractivity contribution in [2.75, 3.05) is 25.0 Å². The number of rotatable bonds is 4. The van der Waals surface area contributed by atoms with Crippen molar-refractivity contribution in [2.24, 2.45) is 0 Å². The fourth-order valence-corrected chi connectivity index (χ4v) is 3.05. The van der Waals surface area contributed by atoms with Crippen LogP contribution in [0.4, 0.5) is 5.82 Å². The fourth-order valence-electron chi connectivity index (χ4n) is 3.05. The summed E-state index contributed by atoms with van der Waals surface area (Å²) in [6.45, 7) is 1.86. The molecule has 1 aromatic heterocycles. The number of hydrogen-bond acceptors (Lipinski definition) is 3. The zero-order valence-electron chi connectivity index (χ0n) is 14.0. The minimum absolute atomic E-state index is 0.0649. The summed E-state index contributed by atoms with van der Waals surface area (Å²) in [7, 11) is 1.90. The van der Waals surface area contributed by atoms with Gasteiger partial charge in [-0.1, -0.05) is 36.4 Å². The van der Waals surface area contributed by atoms with Gasteiger partial charge in [0.25, 0.3) is 0 Å². The zero-order chi connectivity index (χ0) is 16.8. The number of hydrogen-bond donors (Lipinski definition) is 0. The minimum atomic E-state index is 0.0649. The molecule has 0 spiro atoms. The number of likely N-dealkylation sites (N-methyl/N-ethyl adjacent to an activating group) is 1. The number of nitrogens with zero attached hydrogens (tertiary/aromatic N) is 3. The van der Waals surface area contributed by atoms with Crippen molar-refractivity contribution >= 4 is 17.8 Å². The Morgan fingerprint density at radius 1 is 1.12 bits per heavy atom. The quantitative estimate of drug-likeness (QED) is 0.811. The lowest BCUT2D eigenvalue weighted by atomic mass is 10.0. The normalized spacial score (nSPS) is 15.6. The Morgan fingerprint density at radius 3 is 2.50 bits per heavy atom. The van der Waals surface area contributed by atoms with Crippen LogP contribution in [0.5, 0.6) is 0 Å². The van der Waals surface area contributed by atoms with E-state index in [0.29, 0.717) is 0 Å². The Morgan fingerprint density at radius 2 is 1.83 bits per heavy atom. The average Bonchev–Trinajstić information content (AvgIpc) is 2.67. The van der Waals surface area contributed by atoms with Gasteiger partial charge in [-0.2, -0.15) is 0 Å². The molecule has 0 aliphatic carbocycles. The summed E-state index contributed by atoms with van der Waals surface area (Å²) in [6, 6.07) is 16.2. The molecule has 4 nitrogen and oxygen atoms in total. The molecule has 0 N–H and O–H groups in total. The van der Waals surface area contributed by atoms with E-state index in [0.717, 1.165) is 37.3 Å². The number of carbonyl (C=O) groups excluding carboxylic acids is 1. The van der Waals surface area contributed by atoms with Gasteiger partial charge < -0.3 is 9.80 Å². The number of piperidine rings is 1. The van der Waals surface area contributed by atoms with Crippen LogP contribution in [0.3, 0.4) is 0 Å². The lowest BCUT2D eigenvalue weighted by Gasteiger charge is -2.37. The molecule has 1 fully saturated rings. The number of aromatic nitrogens is 1. The van der Waals surface area contributed by atoms with Crippen LogP contribution >= 0.6 is 0 Å². The number of carbonyl (C=O) groups is 1. The third-order valence-corrected chi connectivity index (χ3v) is 4.55. The van der Waals surface area contributed by atoms with E-state index in [4.69, 9.17) is 0 Å². The van der Waals surface area contributed by atoms with Gasteiger partial charge >= 0.3 is 0 Å². The largest absolute Gasteiger partial charge is 0.356 e. The topological polar surface area (TPSA) is 36.4 Å². The van der Waals surface area contributed by atoms with Gasteiger partial charge in [0, 0.05) is 38.5 Å². The maximum atomic E-state index is 12.4. The van der Waals surface area contributed by atoms with E-state index in [2.05, 4.69) is 9.88 Å². The average molecular weight is 321 g/mol. The Kier molecular flexibility index (Phi) is 5.26. The number of pyridine rings is 1. The molecular formula is C20H23N3O. The molecule has 1 aliphatic heterocycles. The van der Waals surface area contributed by atoms with Gasteiger partial charge in [0.15, 0.2) is 0 Å². The molecule has 0 atom stereocenters. The van der Waals surface area contributed by atoms with Gasteiger partial charge in [0.05, 0.1) is 0 Å². The first-order valence-corrected chi connectivity index (χ1v) is 8.40. The first-order chi connectivity index (χ1) is 11.7. The highest BCUT2D eigenvalue weighted by Crippen LogP contribution is 2.20. The molecule has 3 rings (SSSR count). The Labute approximate surface area is 143 Å². The smallest absolute Gasteiger partial charge is 0.246 e. The van der Waals surface area contributed by atoms with Crippen molar-refractivity contribution in [3.05, 3.63) is 66.4 Å². The minimum Gasteiger partial charge on any atom is -0.356 e. The highest BCUT2D eigenvalue weighted by atomic mass is 16.2. The summed E-state index contributed by atoms with van der Waals surface area (Å²) < 4.78 is 0. The van der Waals surface area contributed by atoms with Gasteiger partial charge in [-0.05, 0) is 36.6 Å². The molecule has 24 heavy (non-hydrogen) atoms. The van der Waals surface area contributed by atoms with Crippen LogP contribution in [0.15, 0.2) is 60.8 Å². The maximum Gasteiger partial charge on any atom is 0.246 e. The summed E-state index contributed by atoms with van der Waals surface area (Å²) >= 11 is 0. The van der Waals surface area contributed by atoms with Gasteiger partial charge in [0.1, 0.15) is 5.82 Å².